The summed E-state index contributed by atoms with van der Waals surface area (Å²) in [5.41, 5.74) is 1.86. The van der Waals surface area contributed by atoms with Gasteiger partial charge in [0.2, 0.25) is 0 Å². The van der Waals surface area contributed by atoms with Crippen molar-refractivity contribution >= 4 is 34.7 Å². The lowest BCUT2D eigenvalue weighted by molar-refractivity contribution is 0.687. The zero-order valence-corrected chi connectivity index (χ0v) is 14.8. The summed E-state index contributed by atoms with van der Waals surface area (Å²) in [4.78, 5) is 4.69. The molecule has 4 nitrogen and oxygen atoms in total. The molecule has 0 saturated heterocycles. The molecular formula is C16H13ClN4S2. The lowest BCUT2D eigenvalue weighted by Gasteiger charge is -2.04. The van der Waals surface area contributed by atoms with Gasteiger partial charge in [-0.15, -0.1) is 28.0 Å². The molecule has 0 saturated carbocycles. The van der Waals surface area contributed by atoms with Gasteiger partial charge in [0.1, 0.15) is 10.7 Å². The lowest BCUT2D eigenvalue weighted by Crippen LogP contribution is -2.00. The Morgan fingerprint density at radius 3 is 2.78 bits per heavy atom. The fourth-order valence-electron chi connectivity index (χ4n) is 2.08. The van der Waals surface area contributed by atoms with Gasteiger partial charge in [0.05, 0.1) is 5.75 Å². The number of halogens is 1. The van der Waals surface area contributed by atoms with Gasteiger partial charge in [0.25, 0.3) is 0 Å². The summed E-state index contributed by atoms with van der Waals surface area (Å²) >= 11 is 9.01. The van der Waals surface area contributed by atoms with Gasteiger partial charge >= 0.3 is 0 Å². The standard InChI is InChI=1S/C16H13ClN4S2/c1-3-9-22-16-20-19-14(21(16)4-2)13-10-23-15(18-13)11-5-7-12(17)8-6-11/h1,5-8,10H,4,9H2,2H3. The summed E-state index contributed by atoms with van der Waals surface area (Å²) in [6.45, 7) is 2.82. The number of hydrogen-bond donors (Lipinski definition) is 0. The van der Waals surface area contributed by atoms with Crippen LogP contribution in [0.1, 0.15) is 6.92 Å². The summed E-state index contributed by atoms with van der Waals surface area (Å²) < 4.78 is 2.03. The Morgan fingerprint density at radius 2 is 2.09 bits per heavy atom. The van der Waals surface area contributed by atoms with Crippen LogP contribution in [0.4, 0.5) is 0 Å². The molecule has 0 radical (unpaired) electrons. The average molecular weight is 361 g/mol. The molecule has 7 heteroatoms. The molecule has 0 bridgehead atoms. The Bertz CT molecular complexity index is 846. The Balaban J connectivity index is 1.93. The minimum absolute atomic E-state index is 0.575. The van der Waals surface area contributed by atoms with Crippen LogP contribution in [0.2, 0.25) is 5.02 Å². The highest BCUT2D eigenvalue weighted by atomic mass is 35.5. The van der Waals surface area contributed by atoms with Crippen molar-refractivity contribution in [2.45, 2.75) is 18.6 Å². The molecular weight excluding hydrogens is 348 g/mol. The van der Waals surface area contributed by atoms with Crippen molar-refractivity contribution in [3.8, 4) is 34.4 Å². The van der Waals surface area contributed by atoms with E-state index in [0.29, 0.717) is 10.8 Å². The van der Waals surface area contributed by atoms with Crippen molar-refractivity contribution in [1.29, 1.82) is 0 Å². The van der Waals surface area contributed by atoms with Crippen LogP contribution >= 0.6 is 34.7 Å². The molecule has 3 rings (SSSR count). The number of nitrogens with zero attached hydrogens (tertiary/aromatic N) is 4. The van der Waals surface area contributed by atoms with E-state index in [0.717, 1.165) is 33.8 Å². The van der Waals surface area contributed by atoms with Gasteiger partial charge in [-0.2, -0.15) is 0 Å². The van der Waals surface area contributed by atoms with Crippen LogP contribution in [0.25, 0.3) is 22.1 Å². The van der Waals surface area contributed by atoms with E-state index in [4.69, 9.17) is 18.0 Å². The van der Waals surface area contributed by atoms with E-state index in [1.807, 2.05) is 34.2 Å². The van der Waals surface area contributed by atoms with Crippen LogP contribution in [0, 0.1) is 12.3 Å². The number of rotatable bonds is 5. The molecule has 116 valence electrons. The molecule has 0 unspecified atom stereocenters. The van der Waals surface area contributed by atoms with E-state index < -0.39 is 0 Å². The largest absolute Gasteiger partial charge is 0.301 e. The second kappa shape index (κ2) is 7.18. The molecule has 0 atom stereocenters. The third kappa shape index (κ3) is 3.42. The summed E-state index contributed by atoms with van der Waals surface area (Å²) in [6, 6.07) is 7.65. The second-order valence-electron chi connectivity index (χ2n) is 4.59. The molecule has 1 aromatic carbocycles. The van der Waals surface area contributed by atoms with E-state index in [1.165, 1.54) is 11.8 Å². The molecule has 2 heterocycles. The summed E-state index contributed by atoms with van der Waals surface area (Å²) in [5.74, 6) is 3.95. The van der Waals surface area contributed by atoms with Crippen molar-refractivity contribution in [3.05, 3.63) is 34.7 Å². The molecule has 0 spiro atoms. The van der Waals surface area contributed by atoms with E-state index in [1.54, 1.807) is 11.3 Å². The van der Waals surface area contributed by atoms with E-state index in [2.05, 4.69) is 28.0 Å². The molecule has 23 heavy (non-hydrogen) atoms. The maximum Gasteiger partial charge on any atom is 0.192 e. The highest BCUT2D eigenvalue weighted by molar-refractivity contribution is 7.99. The van der Waals surface area contributed by atoms with Gasteiger partial charge in [0.15, 0.2) is 11.0 Å². The van der Waals surface area contributed by atoms with Crippen LogP contribution in [-0.4, -0.2) is 25.5 Å². The highest BCUT2D eigenvalue weighted by Gasteiger charge is 2.16. The predicted octanol–water partition coefficient (Wildman–Crippen LogP) is 4.47. The molecule has 0 aliphatic heterocycles. The molecule has 2 aromatic heterocycles. The Kier molecular flexibility index (Phi) is 5.01. The summed E-state index contributed by atoms with van der Waals surface area (Å²) in [6.07, 6.45) is 5.32. The fourth-order valence-corrected chi connectivity index (χ4v) is 3.69. The van der Waals surface area contributed by atoms with Crippen LogP contribution in [-0.2, 0) is 6.54 Å². The summed E-state index contributed by atoms with van der Waals surface area (Å²) in [7, 11) is 0. The van der Waals surface area contributed by atoms with E-state index in [9.17, 15) is 0 Å². The van der Waals surface area contributed by atoms with Crippen LogP contribution in [0.15, 0.2) is 34.8 Å². The van der Waals surface area contributed by atoms with Crippen molar-refractivity contribution in [2.24, 2.45) is 0 Å². The quantitative estimate of drug-likeness (QED) is 0.497. The van der Waals surface area contributed by atoms with Crippen molar-refractivity contribution in [1.82, 2.24) is 19.7 Å². The average Bonchev–Trinajstić information content (AvgIpc) is 3.19. The molecule has 0 N–H and O–H groups in total. The monoisotopic (exact) mass is 360 g/mol. The van der Waals surface area contributed by atoms with Gasteiger partial charge in [-0.05, 0) is 19.1 Å². The predicted molar refractivity (Wildman–Crippen MR) is 96.8 cm³/mol. The highest BCUT2D eigenvalue weighted by Crippen LogP contribution is 2.30. The Hall–Kier alpha value is -1.81. The zero-order valence-electron chi connectivity index (χ0n) is 12.4. The number of hydrogen-bond acceptors (Lipinski definition) is 5. The van der Waals surface area contributed by atoms with Gasteiger partial charge in [-0.1, -0.05) is 41.4 Å². The maximum atomic E-state index is 5.93. The maximum absolute atomic E-state index is 5.93. The molecule has 3 aromatic rings. The summed E-state index contributed by atoms with van der Waals surface area (Å²) in [5, 5.41) is 13.0. The van der Waals surface area contributed by atoms with Crippen molar-refractivity contribution in [3.63, 3.8) is 0 Å². The topological polar surface area (TPSA) is 43.6 Å². The van der Waals surface area contributed by atoms with E-state index in [-0.39, 0.29) is 0 Å². The normalized spacial score (nSPS) is 10.7. The van der Waals surface area contributed by atoms with Gasteiger partial charge < -0.3 is 4.57 Å². The Labute approximate surface area is 147 Å². The SMILES string of the molecule is C#CCSc1nnc(-c2csc(-c3ccc(Cl)cc3)n2)n1CC. The van der Waals surface area contributed by atoms with Crippen LogP contribution in [0.5, 0.6) is 0 Å². The van der Waals surface area contributed by atoms with Gasteiger partial charge in [0, 0.05) is 22.5 Å². The second-order valence-corrected chi connectivity index (χ2v) is 6.83. The first kappa shape index (κ1) is 16.1. The zero-order chi connectivity index (χ0) is 16.2. The lowest BCUT2D eigenvalue weighted by atomic mass is 10.2. The Morgan fingerprint density at radius 1 is 1.30 bits per heavy atom. The number of terminal acetylenes is 1. The number of thioether (sulfide) groups is 1. The number of aromatic nitrogens is 4. The first-order valence-electron chi connectivity index (χ1n) is 6.94. The first-order chi connectivity index (χ1) is 11.2. The smallest absolute Gasteiger partial charge is 0.192 e. The molecule has 0 aliphatic rings. The van der Waals surface area contributed by atoms with E-state index >= 15 is 0 Å². The van der Waals surface area contributed by atoms with Gasteiger partial charge in [-0.25, -0.2) is 4.98 Å². The van der Waals surface area contributed by atoms with Gasteiger partial charge in [-0.3, -0.25) is 0 Å². The number of benzene rings is 1. The van der Waals surface area contributed by atoms with Crippen LogP contribution in [0.3, 0.4) is 0 Å². The third-order valence-corrected chi connectivity index (χ3v) is 5.16. The fraction of sp³-hybridized carbons (Fsp3) is 0.188. The van der Waals surface area contributed by atoms with Crippen molar-refractivity contribution < 1.29 is 0 Å². The minimum Gasteiger partial charge on any atom is -0.301 e. The van der Waals surface area contributed by atoms with Crippen molar-refractivity contribution in [2.75, 3.05) is 5.75 Å². The van der Waals surface area contributed by atoms with Crippen LogP contribution < -0.4 is 0 Å². The first-order valence-corrected chi connectivity index (χ1v) is 9.18. The number of thiazole rings is 1. The molecule has 0 amide bonds. The minimum atomic E-state index is 0.575. The molecule has 0 fully saturated rings. The molecule has 0 aliphatic carbocycles. The third-order valence-electron chi connectivity index (χ3n) is 3.14.